The van der Waals surface area contributed by atoms with Gasteiger partial charge in [-0.1, -0.05) is 29.8 Å². The molecule has 4 nitrogen and oxygen atoms in total. The highest BCUT2D eigenvalue weighted by Crippen LogP contribution is 2.15. The van der Waals surface area contributed by atoms with Gasteiger partial charge in [0.25, 0.3) is 0 Å². The summed E-state index contributed by atoms with van der Waals surface area (Å²) in [5.41, 5.74) is 7.15. The quantitative estimate of drug-likeness (QED) is 0.890. The highest BCUT2D eigenvalue weighted by atomic mass is 16.6. The summed E-state index contributed by atoms with van der Waals surface area (Å²) >= 11 is 0. The Morgan fingerprint density at radius 2 is 1.75 bits per heavy atom. The summed E-state index contributed by atoms with van der Waals surface area (Å²) < 4.78 is 5.29. The second-order valence-corrected chi connectivity index (χ2v) is 6.55. The molecule has 3 N–H and O–H groups in total. The van der Waals surface area contributed by atoms with Gasteiger partial charge in [0.15, 0.2) is 0 Å². The summed E-state index contributed by atoms with van der Waals surface area (Å²) in [6.07, 6.45) is 0.237. The van der Waals surface area contributed by atoms with Gasteiger partial charge < -0.3 is 15.8 Å². The zero-order valence-corrected chi connectivity index (χ0v) is 13.1. The smallest absolute Gasteiger partial charge is 0.408 e. The Kier molecular flexibility index (Phi) is 5.17. The number of nitrogens with one attached hydrogen (secondary N) is 1. The Morgan fingerprint density at radius 1 is 1.20 bits per heavy atom. The first-order valence-corrected chi connectivity index (χ1v) is 6.90. The van der Waals surface area contributed by atoms with Crippen LogP contribution in [-0.4, -0.2) is 23.8 Å². The van der Waals surface area contributed by atoms with Crippen molar-refractivity contribution in [2.24, 2.45) is 5.73 Å². The molecule has 20 heavy (non-hydrogen) atoms. The monoisotopic (exact) mass is 278 g/mol. The summed E-state index contributed by atoms with van der Waals surface area (Å²) in [5.74, 6) is 0. The van der Waals surface area contributed by atoms with Crippen LogP contribution >= 0.6 is 0 Å². The van der Waals surface area contributed by atoms with Crippen LogP contribution in [0.3, 0.4) is 0 Å². The summed E-state index contributed by atoms with van der Waals surface area (Å²) in [4.78, 5) is 11.9. The number of hydrogen-bond acceptors (Lipinski definition) is 3. The SMILES string of the molecule is Cc1ccc(CC(C)(CN)NC(=O)OC(C)(C)C)cc1. The van der Waals surface area contributed by atoms with Crippen LogP contribution in [0.4, 0.5) is 4.79 Å². The molecule has 1 atom stereocenters. The van der Waals surface area contributed by atoms with Crippen LogP contribution in [0, 0.1) is 6.92 Å². The van der Waals surface area contributed by atoms with E-state index in [0.29, 0.717) is 13.0 Å². The molecule has 0 fully saturated rings. The summed E-state index contributed by atoms with van der Waals surface area (Å²) in [5, 5.41) is 2.88. The van der Waals surface area contributed by atoms with E-state index in [4.69, 9.17) is 10.5 Å². The Hall–Kier alpha value is -1.55. The maximum absolute atomic E-state index is 11.9. The zero-order valence-electron chi connectivity index (χ0n) is 13.1. The van der Waals surface area contributed by atoms with Gasteiger partial charge in [0.2, 0.25) is 0 Å². The first kappa shape index (κ1) is 16.5. The molecule has 0 aliphatic rings. The minimum absolute atomic E-state index is 0.347. The number of carbonyl (C=O) groups excluding carboxylic acids is 1. The predicted molar refractivity (Wildman–Crippen MR) is 81.7 cm³/mol. The molecule has 1 unspecified atom stereocenters. The van der Waals surface area contributed by atoms with E-state index >= 15 is 0 Å². The van der Waals surface area contributed by atoms with Crippen molar-refractivity contribution in [1.29, 1.82) is 0 Å². The molecular weight excluding hydrogens is 252 g/mol. The first-order chi connectivity index (χ1) is 9.13. The van der Waals surface area contributed by atoms with Crippen molar-refractivity contribution in [2.75, 3.05) is 6.54 Å². The van der Waals surface area contributed by atoms with Gasteiger partial charge in [-0.25, -0.2) is 4.79 Å². The average Bonchev–Trinajstić information content (AvgIpc) is 2.29. The fourth-order valence-electron chi connectivity index (χ4n) is 1.87. The van der Waals surface area contributed by atoms with Crippen molar-refractivity contribution in [2.45, 2.75) is 52.2 Å². The lowest BCUT2D eigenvalue weighted by atomic mass is 9.92. The standard InChI is InChI=1S/C16H26N2O2/c1-12-6-8-13(9-7-12)10-16(5,11-17)18-14(19)20-15(2,3)4/h6-9H,10-11,17H2,1-5H3,(H,18,19). The van der Waals surface area contributed by atoms with Gasteiger partial charge in [0, 0.05) is 6.54 Å². The molecule has 0 aliphatic heterocycles. The molecule has 0 heterocycles. The van der Waals surface area contributed by atoms with Crippen molar-refractivity contribution in [3.05, 3.63) is 35.4 Å². The van der Waals surface area contributed by atoms with Crippen LogP contribution < -0.4 is 11.1 Å². The third-order valence-corrected chi connectivity index (χ3v) is 2.97. The normalized spacial score (nSPS) is 14.5. The van der Waals surface area contributed by atoms with E-state index in [0.717, 1.165) is 5.56 Å². The first-order valence-electron chi connectivity index (χ1n) is 6.90. The van der Waals surface area contributed by atoms with Gasteiger partial charge in [0.05, 0.1) is 5.54 Å². The van der Waals surface area contributed by atoms with E-state index < -0.39 is 17.2 Å². The Bertz CT molecular complexity index is 449. The molecule has 0 spiro atoms. The van der Waals surface area contributed by atoms with Crippen molar-refractivity contribution in [1.82, 2.24) is 5.32 Å². The Morgan fingerprint density at radius 3 is 2.20 bits per heavy atom. The van der Waals surface area contributed by atoms with Crippen LogP contribution in [0.15, 0.2) is 24.3 Å². The number of hydrogen-bond donors (Lipinski definition) is 2. The van der Waals surface area contributed by atoms with Gasteiger partial charge in [-0.15, -0.1) is 0 Å². The third kappa shape index (κ3) is 5.61. The lowest BCUT2D eigenvalue weighted by Crippen LogP contribution is -2.54. The lowest BCUT2D eigenvalue weighted by molar-refractivity contribution is 0.0467. The number of nitrogens with two attached hydrogens (primary N) is 1. The van der Waals surface area contributed by atoms with Crippen molar-refractivity contribution in [3.63, 3.8) is 0 Å². The number of amides is 1. The molecule has 1 aromatic rings. The van der Waals surface area contributed by atoms with Crippen LogP contribution in [0.25, 0.3) is 0 Å². The van der Waals surface area contributed by atoms with Crippen molar-refractivity contribution in [3.8, 4) is 0 Å². The van der Waals surface area contributed by atoms with E-state index in [1.165, 1.54) is 5.56 Å². The summed E-state index contributed by atoms with van der Waals surface area (Å²) in [6.45, 7) is 9.84. The molecule has 4 heteroatoms. The van der Waals surface area contributed by atoms with Crippen LogP contribution in [-0.2, 0) is 11.2 Å². The average molecular weight is 278 g/mol. The number of carbonyl (C=O) groups is 1. The topological polar surface area (TPSA) is 64.3 Å². The number of aryl methyl sites for hydroxylation is 1. The molecule has 0 bridgehead atoms. The molecule has 0 aliphatic carbocycles. The molecule has 0 radical (unpaired) electrons. The number of alkyl carbamates (subject to hydrolysis) is 1. The zero-order chi connectivity index (χ0) is 15.4. The Labute approximate surface area is 121 Å². The molecule has 112 valence electrons. The van der Waals surface area contributed by atoms with E-state index in [9.17, 15) is 4.79 Å². The van der Waals surface area contributed by atoms with Crippen LogP contribution in [0.5, 0.6) is 0 Å². The number of ether oxygens (including phenoxy) is 1. The fourth-order valence-corrected chi connectivity index (χ4v) is 1.87. The molecule has 1 rings (SSSR count). The maximum Gasteiger partial charge on any atom is 0.408 e. The predicted octanol–water partition coefficient (Wildman–Crippen LogP) is 2.78. The fraction of sp³-hybridized carbons (Fsp3) is 0.562. The third-order valence-electron chi connectivity index (χ3n) is 2.97. The molecule has 1 aromatic carbocycles. The van der Waals surface area contributed by atoms with E-state index in [1.54, 1.807) is 0 Å². The van der Waals surface area contributed by atoms with Crippen molar-refractivity contribution >= 4 is 6.09 Å². The van der Waals surface area contributed by atoms with Gasteiger partial charge in [0.1, 0.15) is 5.60 Å². The van der Waals surface area contributed by atoms with E-state index in [2.05, 4.69) is 29.6 Å². The molecular formula is C16H26N2O2. The van der Waals surface area contributed by atoms with Crippen LogP contribution in [0.2, 0.25) is 0 Å². The molecule has 0 saturated heterocycles. The van der Waals surface area contributed by atoms with Gasteiger partial charge in [-0.05, 0) is 46.6 Å². The maximum atomic E-state index is 11.9. The molecule has 0 aromatic heterocycles. The minimum Gasteiger partial charge on any atom is -0.444 e. The van der Waals surface area contributed by atoms with Gasteiger partial charge >= 0.3 is 6.09 Å². The van der Waals surface area contributed by atoms with Crippen LogP contribution in [0.1, 0.15) is 38.8 Å². The summed E-state index contributed by atoms with van der Waals surface area (Å²) in [7, 11) is 0. The lowest BCUT2D eigenvalue weighted by Gasteiger charge is -2.31. The highest BCUT2D eigenvalue weighted by Gasteiger charge is 2.27. The second kappa shape index (κ2) is 6.27. The second-order valence-electron chi connectivity index (χ2n) is 6.55. The van der Waals surface area contributed by atoms with E-state index in [-0.39, 0.29) is 0 Å². The van der Waals surface area contributed by atoms with Gasteiger partial charge in [-0.2, -0.15) is 0 Å². The Balaban J connectivity index is 2.71. The van der Waals surface area contributed by atoms with E-state index in [1.807, 2.05) is 34.6 Å². The highest BCUT2D eigenvalue weighted by molar-refractivity contribution is 5.68. The largest absolute Gasteiger partial charge is 0.444 e. The molecule has 0 saturated carbocycles. The number of rotatable bonds is 4. The van der Waals surface area contributed by atoms with Gasteiger partial charge in [-0.3, -0.25) is 0 Å². The minimum atomic E-state index is -0.516. The summed E-state index contributed by atoms with van der Waals surface area (Å²) in [6, 6.07) is 8.22. The molecule has 1 amide bonds. The van der Waals surface area contributed by atoms with Crippen molar-refractivity contribution < 1.29 is 9.53 Å². The number of benzene rings is 1.